The monoisotopic (exact) mass is 532 g/mol. The standard InChI is InChI=1S/C9H10.2C8H8O.3C4H10/c1-2-5-9-7-3-6-8(9)4-1;1-2-4-8-6-9-5-7(8)3-1;1-2-4-8-7(3-1)5-6-9-8;3*1-4(2)3/h1-2,4-5H,3,6-7H2;2*1-4H,5-6H2;3*4H,1-3H3. The highest BCUT2D eigenvalue weighted by Crippen LogP contribution is 2.23. The van der Waals surface area contributed by atoms with E-state index < -0.39 is 0 Å². The fourth-order valence-corrected chi connectivity index (χ4v) is 3.75. The van der Waals surface area contributed by atoms with Gasteiger partial charge in [-0.1, -0.05) is 129 Å². The van der Waals surface area contributed by atoms with Gasteiger partial charge in [-0.2, -0.15) is 0 Å². The predicted octanol–water partition coefficient (Wildman–Crippen LogP) is 10.5. The van der Waals surface area contributed by atoms with Crippen LogP contribution in [0.2, 0.25) is 0 Å². The Labute approximate surface area is 241 Å². The molecule has 6 rings (SSSR count). The van der Waals surface area contributed by atoms with Gasteiger partial charge in [-0.15, -0.1) is 0 Å². The summed E-state index contributed by atoms with van der Waals surface area (Å²) in [5.41, 5.74) is 7.17. The Hall–Kier alpha value is -2.58. The first-order valence-electron chi connectivity index (χ1n) is 15.0. The minimum Gasteiger partial charge on any atom is -0.493 e. The molecule has 0 saturated heterocycles. The van der Waals surface area contributed by atoms with Gasteiger partial charge >= 0.3 is 0 Å². The summed E-state index contributed by atoms with van der Waals surface area (Å²) in [6.07, 6.45) is 5.04. The summed E-state index contributed by atoms with van der Waals surface area (Å²) in [6, 6.07) is 25.2. The van der Waals surface area contributed by atoms with Crippen LogP contribution in [0.4, 0.5) is 0 Å². The number of rotatable bonds is 0. The van der Waals surface area contributed by atoms with Crippen LogP contribution in [0.25, 0.3) is 0 Å². The Balaban J connectivity index is 0.000000245. The fraction of sp³-hybridized carbons (Fsp3) is 0.514. The highest BCUT2D eigenvalue weighted by molar-refractivity contribution is 5.36. The molecule has 2 heteroatoms. The van der Waals surface area contributed by atoms with Crippen LogP contribution in [0.1, 0.15) is 96.6 Å². The smallest absolute Gasteiger partial charge is 0.122 e. The number of hydrogen-bond donors (Lipinski definition) is 0. The van der Waals surface area contributed by atoms with Gasteiger partial charge in [0.2, 0.25) is 0 Å². The first-order chi connectivity index (χ1) is 18.6. The average Bonchev–Trinajstić information content (AvgIpc) is 3.64. The molecule has 0 aromatic heterocycles. The third-order valence-corrected chi connectivity index (χ3v) is 5.25. The van der Waals surface area contributed by atoms with E-state index in [2.05, 4.69) is 105 Å². The van der Waals surface area contributed by atoms with Crippen molar-refractivity contribution in [2.45, 2.75) is 101 Å². The zero-order valence-corrected chi connectivity index (χ0v) is 26.4. The maximum absolute atomic E-state index is 5.30. The van der Waals surface area contributed by atoms with Crippen molar-refractivity contribution in [1.29, 1.82) is 0 Å². The molecule has 1 aliphatic carbocycles. The summed E-state index contributed by atoms with van der Waals surface area (Å²) >= 11 is 0. The van der Waals surface area contributed by atoms with Crippen molar-refractivity contribution in [2.24, 2.45) is 17.8 Å². The van der Waals surface area contributed by atoms with E-state index in [-0.39, 0.29) is 0 Å². The van der Waals surface area contributed by atoms with Crippen molar-refractivity contribution < 1.29 is 9.47 Å². The van der Waals surface area contributed by atoms with E-state index in [1.807, 2.05) is 30.3 Å². The van der Waals surface area contributed by atoms with E-state index in [9.17, 15) is 0 Å². The van der Waals surface area contributed by atoms with Crippen molar-refractivity contribution in [3.8, 4) is 5.75 Å². The molecule has 2 nitrogen and oxygen atoms in total. The van der Waals surface area contributed by atoms with E-state index in [0.29, 0.717) is 0 Å². The summed E-state index contributed by atoms with van der Waals surface area (Å²) < 4.78 is 10.5. The highest BCUT2D eigenvalue weighted by Gasteiger charge is 2.09. The number of fused-ring (bicyclic) bond motifs is 3. The van der Waals surface area contributed by atoms with Crippen LogP contribution < -0.4 is 4.74 Å². The number of aryl methyl sites for hydroxylation is 2. The number of benzene rings is 3. The maximum Gasteiger partial charge on any atom is 0.122 e. The van der Waals surface area contributed by atoms with Crippen molar-refractivity contribution in [3.05, 3.63) is 101 Å². The molecule has 2 aliphatic heterocycles. The van der Waals surface area contributed by atoms with Crippen LogP contribution in [-0.2, 0) is 37.2 Å². The Bertz CT molecular complexity index is 810. The Kier molecular flexibility index (Phi) is 18.0. The lowest BCUT2D eigenvalue weighted by Gasteiger charge is -1.93. The van der Waals surface area contributed by atoms with E-state index >= 15 is 0 Å². The summed E-state index contributed by atoms with van der Waals surface area (Å²) in [6.45, 7) is 22.0. The van der Waals surface area contributed by atoms with Crippen molar-refractivity contribution in [1.82, 2.24) is 0 Å². The van der Waals surface area contributed by atoms with Crippen molar-refractivity contribution >= 4 is 0 Å². The van der Waals surface area contributed by atoms with E-state index in [1.54, 1.807) is 11.1 Å². The van der Waals surface area contributed by atoms with Crippen LogP contribution in [0.3, 0.4) is 0 Å². The molecule has 0 N–H and O–H groups in total. The van der Waals surface area contributed by atoms with Gasteiger partial charge in [0.25, 0.3) is 0 Å². The maximum atomic E-state index is 5.30. The van der Waals surface area contributed by atoms with Gasteiger partial charge in [0.15, 0.2) is 0 Å². The van der Waals surface area contributed by atoms with Crippen LogP contribution in [0, 0.1) is 17.8 Å². The molecule has 0 amide bonds. The zero-order chi connectivity index (χ0) is 29.0. The summed E-state index contributed by atoms with van der Waals surface area (Å²) in [7, 11) is 0. The van der Waals surface area contributed by atoms with Gasteiger partial charge in [0, 0.05) is 6.42 Å². The fourth-order valence-electron chi connectivity index (χ4n) is 3.75. The molecular formula is C37H56O2. The van der Waals surface area contributed by atoms with Crippen LogP contribution in [0.5, 0.6) is 5.75 Å². The molecule has 0 spiro atoms. The SMILES string of the molecule is CC(C)C.CC(C)C.CC(C)C.c1ccc2c(c1)CCC2.c1ccc2c(c1)CCO2.c1ccc2c(c1)COC2. The van der Waals surface area contributed by atoms with E-state index in [1.165, 1.54) is 36.0 Å². The minimum atomic E-state index is 0.802. The molecule has 3 aromatic carbocycles. The Morgan fingerprint density at radius 2 is 0.821 bits per heavy atom. The lowest BCUT2D eigenvalue weighted by molar-refractivity contribution is 0.134. The van der Waals surface area contributed by atoms with Crippen LogP contribution in [-0.4, -0.2) is 6.61 Å². The van der Waals surface area contributed by atoms with Gasteiger partial charge < -0.3 is 9.47 Å². The lowest BCUT2D eigenvalue weighted by Crippen LogP contribution is -1.85. The number of para-hydroxylation sites is 1. The normalized spacial score (nSPS) is 13.3. The molecule has 0 radical (unpaired) electrons. The molecule has 0 saturated carbocycles. The van der Waals surface area contributed by atoms with E-state index in [0.717, 1.165) is 49.7 Å². The molecule has 216 valence electrons. The van der Waals surface area contributed by atoms with Gasteiger partial charge in [-0.3, -0.25) is 0 Å². The lowest BCUT2D eigenvalue weighted by atomic mass is 10.1. The quantitative estimate of drug-likeness (QED) is 0.287. The summed E-state index contributed by atoms with van der Waals surface area (Å²) in [5.74, 6) is 3.57. The highest BCUT2D eigenvalue weighted by atomic mass is 16.5. The largest absolute Gasteiger partial charge is 0.493 e. The zero-order valence-electron chi connectivity index (χ0n) is 26.4. The molecule has 0 fully saturated rings. The second-order valence-corrected chi connectivity index (χ2v) is 12.3. The summed E-state index contributed by atoms with van der Waals surface area (Å²) in [4.78, 5) is 0. The van der Waals surface area contributed by atoms with Gasteiger partial charge in [-0.25, -0.2) is 0 Å². The Morgan fingerprint density at radius 3 is 1.23 bits per heavy atom. The molecule has 3 aromatic rings. The van der Waals surface area contributed by atoms with Gasteiger partial charge in [0.1, 0.15) is 5.75 Å². The third kappa shape index (κ3) is 16.9. The topological polar surface area (TPSA) is 18.5 Å². The number of ether oxygens (including phenoxy) is 2. The Morgan fingerprint density at radius 1 is 0.462 bits per heavy atom. The van der Waals surface area contributed by atoms with Crippen LogP contribution >= 0.6 is 0 Å². The van der Waals surface area contributed by atoms with Gasteiger partial charge in [0.05, 0.1) is 19.8 Å². The van der Waals surface area contributed by atoms with Crippen molar-refractivity contribution in [2.75, 3.05) is 6.61 Å². The first-order valence-corrected chi connectivity index (χ1v) is 15.0. The third-order valence-electron chi connectivity index (χ3n) is 5.25. The molecule has 2 heterocycles. The molecule has 39 heavy (non-hydrogen) atoms. The van der Waals surface area contributed by atoms with Crippen LogP contribution in [0.15, 0.2) is 72.8 Å². The molecular weight excluding hydrogens is 476 g/mol. The second-order valence-electron chi connectivity index (χ2n) is 12.3. The molecule has 0 bridgehead atoms. The van der Waals surface area contributed by atoms with E-state index in [4.69, 9.17) is 9.47 Å². The average molecular weight is 533 g/mol. The molecule has 3 aliphatic rings. The van der Waals surface area contributed by atoms with Crippen molar-refractivity contribution in [3.63, 3.8) is 0 Å². The predicted molar refractivity (Wildman–Crippen MR) is 171 cm³/mol. The first kappa shape index (κ1) is 34.4. The minimum absolute atomic E-state index is 0.802. The number of hydrogen-bond acceptors (Lipinski definition) is 2. The molecule has 0 unspecified atom stereocenters. The van der Waals surface area contributed by atoms with Gasteiger partial charge in [-0.05, 0) is 70.9 Å². The second kappa shape index (κ2) is 20.3. The molecule has 0 atom stereocenters. The summed E-state index contributed by atoms with van der Waals surface area (Å²) in [5, 5.41) is 0.